The van der Waals surface area contributed by atoms with Gasteiger partial charge in [0.2, 0.25) is 0 Å². The van der Waals surface area contributed by atoms with Gasteiger partial charge >= 0.3 is 0 Å². The lowest BCUT2D eigenvalue weighted by atomic mass is 10.1. The molecule has 1 unspecified atom stereocenters. The molecule has 1 N–H and O–H groups in total. The molecule has 0 radical (unpaired) electrons. The third-order valence-corrected chi connectivity index (χ3v) is 3.11. The van der Waals surface area contributed by atoms with Crippen LogP contribution in [0.4, 0.5) is 0 Å². The zero-order valence-corrected chi connectivity index (χ0v) is 11.1. The van der Waals surface area contributed by atoms with Gasteiger partial charge in [-0.05, 0) is 31.0 Å². The standard InChI is InChI=1S/C14H19N3O/c1-4-12-7-13(17(3)16-12)8-14(18)11-6-5-10(2)15-9-11/h5-7,9,14,18H,4,8H2,1-3H3. The smallest absolute Gasteiger partial charge is 0.0860 e. The molecule has 4 nitrogen and oxygen atoms in total. The number of aromatic nitrogens is 3. The Morgan fingerprint density at radius 3 is 2.72 bits per heavy atom. The maximum absolute atomic E-state index is 10.2. The van der Waals surface area contributed by atoms with E-state index < -0.39 is 6.10 Å². The molecule has 96 valence electrons. The fourth-order valence-electron chi connectivity index (χ4n) is 1.93. The van der Waals surface area contributed by atoms with Gasteiger partial charge in [0.25, 0.3) is 0 Å². The van der Waals surface area contributed by atoms with Crippen molar-refractivity contribution in [3.8, 4) is 0 Å². The van der Waals surface area contributed by atoms with Crippen molar-refractivity contribution in [3.05, 3.63) is 47.0 Å². The van der Waals surface area contributed by atoms with Gasteiger partial charge in [-0.3, -0.25) is 9.67 Å². The number of hydrogen-bond donors (Lipinski definition) is 1. The molecule has 0 spiro atoms. The Labute approximate surface area is 107 Å². The lowest BCUT2D eigenvalue weighted by Crippen LogP contribution is -2.06. The van der Waals surface area contributed by atoms with E-state index in [0.29, 0.717) is 6.42 Å². The first-order chi connectivity index (χ1) is 8.60. The minimum Gasteiger partial charge on any atom is -0.388 e. The number of rotatable bonds is 4. The van der Waals surface area contributed by atoms with Gasteiger partial charge in [0, 0.05) is 31.1 Å². The molecule has 4 heteroatoms. The van der Waals surface area contributed by atoms with E-state index in [1.807, 2.05) is 36.9 Å². The second-order valence-corrected chi connectivity index (χ2v) is 4.56. The van der Waals surface area contributed by atoms with Crippen LogP contribution in [0.3, 0.4) is 0 Å². The highest BCUT2D eigenvalue weighted by Gasteiger charge is 2.12. The van der Waals surface area contributed by atoms with E-state index in [2.05, 4.69) is 17.0 Å². The van der Waals surface area contributed by atoms with Crippen molar-refractivity contribution < 1.29 is 5.11 Å². The minimum atomic E-state index is -0.529. The Morgan fingerprint density at radius 2 is 2.17 bits per heavy atom. The highest BCUT2D eigenvalue weighted by molar-refractivity contribution is 5.19. The van der Waals surface area contributed by atoms with E-state index in [0.717, 1.165) is 29.1 Å². The van der Waals surface area contributed by atoms with Crippen molar-refractivity contribution in [1.29, 1.82) is 0 Å². The molecule has 0 fully saturated rings. The predicted molar refractivity (Wildman–Crippen MR) is 70.2 cm³/mol. The van der Waals surface area contributed by atoms with Crippen LogP contribution in [0.5, 0.6) is 0 Å². The molecular formula is C14H19N3O. The van der Waals surface area contributed by atoms with Crippen LogP contribution in [-0.4, -0.2) is 19.9 Å². The average molecular weight is 245 g/mol. The zero-order chi connectivity index (χ0) is 13.1. The lowest BCUT2D eigenvalue weighted by Gasteiger charge is -2.10. The highest BCUT2D eigenvalue weighted by Crippen LogP contribution is 2.18. The van der Waals surface area contributed by atoms with Gasteiger partial charge in [-0.2, -0.15) is 5.10 Å². The fourth-order valence-corrected chi connectivity index (χ4v) is 1.93. The summed E-state index contributed by atoms with van der Waals surface area (Å²) >= 11 is 0. The van der Waals surface area contributed by atoms with E-state index in [9.17, 15) is 5.11 Å². The number of aryl methyl sites for hydroxylation is 3. The Balaban J connectivity index is 2.13. The van der Waals surface area contributed by atoms with Gasteiger partial charge in [-0.15, -0.1) is 0 Å². The number of nitrogens with zero attached hydrogens (tertiary/aromatic N) is 3. The van der Waals surface area contributed by atoms with E-state index in [4.69, 9.17) is 0 Å². The van der Waals surface area contributed by atoms with Gasteiger partial charge in [0.05, 0.1) is 11.8 Å². The lowest BCUT2D eigenvalue weighted by molar-refractivity contribution is 0.175. The molecule has 0 amide bonds. The molecule has 2 aromatic heterocycles. The largest absolute Gasteiger partial charge is 0.388 e. The van der Waals surface area contributed by atoms with Gasteiger partial charge in [0.1, 0.15) is 0 Å². The van der Waals surface area contributed by atoms with Crippen LogP contribution in [0.2, 0.25) is 0 Å². The SMILES string of the molecule is CCc1cc(CC(O)c2ccc(C)nc2)n(C)n1. The van der Waals surface area contributed by atoms with Crippen LogP contribution in [0.1, 0.15) is 35.7 Å². The summed E-state index contributed by atoms with van der Waals surface area (Å²) in [5.41, 5.74) is 3.90. The Hall–Kier alpha value is -1.68. The van der Waals surface area contributed by atoms with E-state index in [1.165, 1.54) is 0 Å². The van der Waals surface area contributed by atoms with Crippen molar-refractivity contribution in [2.45, 2.75) is 32.8 Å². The summed E-state index contributed by atoms with van der Waals surface area (Å²) in [5.74, 6) is 0. The molecule has 0 aliphatic rings. The van der Waals surface area contributed by atoms with Gasteiger partial charge in [-0.1, -0.05) is 13.0 Å². The topological polar surface area (TPSA) is 50.9 Å². The van der Waals surface area contributed by atoms with Crippen molar-refractivity contribution in [2.24, 2.45) is 7.05 Å². The fraction of sp³-hybridized carbons (Fsp3) is 0.429. The molecule has 0 saturated heterocycles. The molecule has 1 atom stereocenters. The summed E-state index contributed by atoms with van der Waals surface area (Å²) in [6.07, 6.45) is 2.68. The highest BCUT2D eigenvalue weighted by atomic mass is 16.3. The van der Waals surface area contributed by atoms with Gasteiger partial charge in [0.15, 0.2) is 0 Å². The molecule has 0 saturated carbocycles. The third kappa shape index (κ3) is 2.76. The van der Waals surface area contributed by atoms with Gasteiger partial charge in [-0.25, -0.2) is 0 Å². The van der Waals surface area contributed by atoms with Crippen molar-refractivity contribution in [2.75, 3.05) is 0 Å². The Bertz CT molecular complexity index is 516. The van der Waals surface area contributed by atoms with Crippen LogP contribution >= 0.6 is 0 Å². The van der Waals surface area contributed by atoms with E-state index in [1.54, 1.807) is 6.20 Å². The maximum atomic E-state index is 10.2. The van der Waals surface area contributed by atoms with Gasteiger partial charge < -0.3 is 5.11 Å². The summed E-state index contributed by atoms with van der Waals surface area (Å²) < 4.78 is 1.84. The molecule has 18 heavy (non-hydrogen) atoms. The first-order valence-corrected chi connectivity index (χ1v) is 6.22. The average Bonchev–Trinajstić information content (AvgIpc) is 2.71. The molecule has 0 aliphatic heterocycles. The second-order valence-electron chi connectivity index (χ2n) is 4.56. The van der Waals surface area contributed by atoms with Crippen LogP contribution in [0, 0.1) is 6.92 Å². The van der Waals surface area contributed by atoms with Crippen LogP contribution < -0.4 is 0 Å². The summed E-state index contributed by atoms with van der Waals surface area (Å²) in [6.45, 7) is 4.01. The first-order valence-electron chi connectivity index (χ1n) is 6.22. The number of pyridine rings is 1. The van der Waals surface area contributed by atoms with Crippen LogP contribution in [-0.2, 0) is 19.9 Å². The minimum absolute atomic E-state index is 0.529. The first kappa shape index (κ1) is 12.8. The van der Waals surface area contributed by atoms with Crippen LogP contribution in [0.25, 0.3) is 0 Å². The number of aliphatic hydroxyl groups is 1. The second kappa shape index (κ2) is 5.31. The zero-order valence-electron chi connectivity index (χ0n) is 11.1. The predicted octanol–water partition coefficient (Wildman–Crippen LogP) is 1.96. The van der Waals surface area contributed by atoms with E-state index in [-0.39, 0.29) is 0 Å². The van der Waals surface area contributed by atoms with Crippen molar-refractivity contribution >= 4 is 0 Å². The van der Waals surface area contributed by atoms with Crippen molar-refractivity contribution in [1.82, 2.24) is 14.8 Å². The van der Waals surface area contributed by atoms with Crippen molar-refractivity contribution in [3.63, 3.8) is 0 Å². The molecule has 0 aliphatic carbocycles. The summed E-state index contributed by atoms with van der Waals surface area (Å²) in [6, 6.07) is 5.88. The Morgan fingerprint density at radius 1 is 1.39 bits per heavy atom. The summed E-state index contributed by atoms with van der Waals surface area (Å²) in [7, 11) is 1.91. The number of hydrogen-bond acceptors (Lipinski definition) is 3. The maximum Gasteiger partial charge on any atom is 0.0860 e. The molecule has 0 aromatic carbocycles. The molecule has 2 heterocycles. The quantitative estimate of drug-likeness (QED) is 0.896. The third-order valence-electron chi connectivity index (χ3n) is 3.11. The van der Waals surface area contributed by atoms with E-state index >= 15 is 0 Å². The number of aliphatic hydroxyl groups excluding tert-OH is 1. The molecule has 2 rings (SSSR count). The molecule has 0 bridgehead atoms. The molecular weight excluding hydrogens is 226 g/mol. The van der Waals surface area contributed by atoms with Crippen LogP contribution in [0.15, 0.2) is 24.4 Å². The monoisotopic (exact) mass is 245 g/mol. The molecule has 2 aromatic rings. The summed E-state index contributed by atoms with van der Waals surface area (Å²) in [4.78, 5) is 4.20. The normalized spacial score (nSPS) is 12.7. The Kier molecular flexibility index (Phi) is 3.77. The summed E-state index contributed by atoms with van der Waals surface area (Å²) in [5, 5.41) is 14.6.